The molecule has 1 rings (SSSR count). The highest BCUT2D eigenvalue weighted by atomic mass is 19.1. The van der Waals surface area contributed by atoms with Crippen molar-refractivity contribution in [3.63, 3.8) is 0 Å². The second kappa shape index (κ2) is 3.34. The Hall–Kier alpha value is -1.38. The number of benzene rings is 1. The molecule has 0 aliphatic carbocycles. The number of hydrogen-bond donors (Lipinski definition) is 1. The first-order chi connectivity index (χ1) is 5.69. The fourth-order valence-electron chi connectivity index (χ4n) is 1.04. The minimum Gasteiger partial charge on any atom is -0.507 e. The quantitative estimate of drug-likeness (QED) is 0.685. The number of aldehydes is 1. The van der Waals surface area contributed by atoms with Crippen molar-refractivity contribution in [2.75, 3.05) is 0 Å². The van der Waals surface area contributed by atoms with Crippen molar-refractivity contribution in [2.45, 2.75) is 13.3 Å². The molecule has 12 heavy (non-hydrogen) atoms. The lowest BCUT2D eigenvalue weighted by atomic mass is 10.1. The van der Waals surface area contributed by atoms with E-state index >= 15 is 0 Å². The van der Waals surface area contributed by atoms with E-state index in [2.05, 4.69) is 0 Å². The van der Waals surface area contributed by atoms with E-state index in [9.17, 15) is 14.3 Å². The van der Waals surface area contributed by atoms with Gasteiger partial charge in [0.25, 0.3) is 0 Å². The molecular formula is C9H9FO2. The number of halogens is 1. The second-order valence-electron chi connectivity index (χ2n) is 2.47. The zero-order valence-corrected chi connectivity index (χ0v) is 6.67. The Kier molecular flexibility index (Phi) is 2.43. The van der Waals surface area contributed by atoms with E-state index in [-0.39, 0.29) is 11.3 Å². The van der Waals surface area contributed by atoms with Gasteiger partial charge < -0.3 is 5.11 Å². The zero-order chi connectivity index (χ0) is 9.14. The maximum Gasteiger partial charge on any atom is 0.153 e. The number of phenols is 1. The molecule has 0 saturated carbocycles. The molecule has 2 nitrogen and oxygen atoms in total. The normalized spacial score (nSPS) is 9.83. The number of rotatable bonds is 2. The average Bonchev–Trinajstić information content (AvgIpc) is 2.08. The molecule has 0 radical (unpaired) electrons. The Morgan fingerprint density at radius 1 is 1.58 bits per heavy atom. The Labute approximate surface area is 69.6 Å². The minimum atomic E-state index is -0.494. The summed E-state index contributed by atoms with van der Waals surface area (Å²) in [6, 6.07) is 2.24. The van der Waals surface area contributed by atoms with Gasteiger partial charge in [-0.2, -0.15) is 0 Å². The van der Waals surface area contributed by atoms with Gasteiger partial charge in [0.05, 0.1) is 5.56 Å². The SMILES string of the molecule is CCc1cc(F)cc(C=O)c1O. The fourth-order valence-corrected chi connectivity index (χ4v) is 1.04. The summed E-state index contributed by atoms with van der Waals surface area (Å²) in [7, 11) is 0. The third-order valence-electron chi connectivity index (χ3n) is 1.69. The number of carbonyl (C=O) groups is 1. The van der Waals surface area contributed by atoms with Crippen LogP contribution in [0.25, 0.3) is 0 Å². The Morgan fingerprint density at radius 2 is 2.25 bits per heavy atom. The van der Waals surface area contributed by atoms with Gasteiger partial charge in [0.1, 0.15) is 11.6 Å². The van der Waals surface area contributed by atoms with Gasteiger partial charge in [0.2, 0.25) is 0 Å². The maximum absolute atomic E-state index is 12.7. The van der Waals surface area contributed by atoms with Gasteiger partial charge >= 0.3 is 0 Å². The van der Waals surface area contributed by atoms with E-state index < -0.39 is 5.82 Å². The molecule has 0 unspecified atom stereocenters. The Bertz CT molecular complexity index is 308. The third kappa shape index (κ3) is 1.44. The van der Waals surface area contributed by atoms with E-state index in [1.54, 1.807) is 6.92 Å². The highest BCUT2D eigenvalue weighted by Crippen LogP contribution is 2.22. The smallest absolute Gasteiger partial charge is 0.153 e. The van der Waals surface area contributed by atoms with Gasteiger partial charge in [-0.25, -0.2) is 4.39 Å². The van der Waals surface area contributed by atoms with Gasteiger partial charge in [-0.05, 0) is 24.1 Å². The van der Waals surface area contributed by atoms with Crippen LogP contribution in [-0.2, 0) is 6.42 Å². The van der Waals surface area contributed by atoms with Gasteiger partial charge in [-0.15, -0.1) is 0 Å². The summed E-state index contributed by atoms with van der Waals surface area (Å²) < 4.78 is 12.7. The molecule has 0 heterocycles. The van der Waals surface area contributed by atoms with Crippen LogP contribution in [0.15, 0.2) is 12.1 Å². The predicted molar refractivity (Wildman–Crippen MR) is 42.8 cm³/mol. The van der Waals surface area contributed by atoms with Gasteiger partial charge in [-0.1, -0.05) is 6.92 Å². The van der Waals surface area contributed by atoms with Crippen LogP contribution in [0.4, 0.5) is 4.39 Å². The second-order valence-corrected chi connectivity index (χ2v) is 2.47. The molecule has 0 bridgehead atoms. The summed E-state index contributed by atoms with van der Waals surface area (Å²) in [5.74, 6) is -0.611. The van der Waals surface area contributed by atoms with Crippen molar-refractivity contribution in [2.24, 2.45) is 0 Å². The molecule has 0 fully saturated rings. The highest BCUT2D eigenvalue weighted by molar-refractivity contribution is 5.79. The van der Waals surface area contributed by atoms with E-state index in [1.165, 1.54) is 6.07 Å². The van der Waals surface area contributed by atoms with Crippen LogP contribution in [0, 0.1) is 5.82 Å². The number of aryl methyl sites for hydroxylation is 1. The van der Waals surface area contributed by atoms with Crippen LogP contribution >= 0.6 is 0 Å². The predicted octanol–water partition coefficient (Wildman–Crippen LogP) is 1.91. The summed E-state index contributed by atoms with van der Waals surface area (Å²) in [6.07, 6.45) is 0.946. The molecule has 0 saturated heterocycles. The van der Waals surface area contributed by atoms with Crippen molar-refractivity contribution in [1.29, 1.82) is 0 Å². The van der Waals surface area contributed by atoms with Crippen LogP contribution in [-0.4, -0.2) is 11.4 Å². The number of hydrogen-bond acceptors (Lipinski definition) is 2. The third-order valence-corrected chi connectivity index (χ3v) is 1.69. The van der Waals surface area contributed by atoms with Gasteiger partial charge in [-0.3, -0.25) is 4.79 Å². The van der Waals surface area contributed by atoms with Crippen LogP contribution < -0.4 is 0 Å². The van der Waals surface area contributed by atoms with Crippen molar-refractivity contribution in [1.82, 2.24) is 0 Å². The summed E-state index contributed by atoms with van der Waals surface area (Å²) in [5, 5.41) is 9.32. The lowest BCUT2D eigenvalue weighted by molar-refractivity contribution is 0.112. The lowest BCUT2D eigenvalue weighted by Crippen LogP contribution is -1.90. The summed E-state index contributed by atoms with van der Waals surface area (Å²) in [5.41, 5.74) is 0.462. The van der Waals surface area contributed by atoms with Gasteiger partial charge in [0.15, 0.2) is 6.29 Å². The summed E-state index contributed by atoms with van der Waals surface area (Å²) >= 11 is 0. The maximum atomic E-state index is 12.7. The van der Waals surface area contributed by atoms with E-state index in [1.807, 2.05) is 0 Å². The lowest BCUT2D eigenvalue weighted by Gasteiger charge is -2.03. The molecule has 0 aliphatic heterocycles. The van der Waals surface area contributed by atoms with Crippen LogP contribution in [0.3, 0.4) is 0 Å². The first kappa shape index (κ1) is 8.71. The molecule has 0 aromatic heterocycles. The monoisotopic (exact) mass is 168 g/mol. The van der Waals surface area contributed by atoms with E-state index in [0.717, 1.165) is 6.07 Å². The van der Waals surface area contributed by atoms with Crippen LogP contribution in [0.2, 0.25) is 0 Å². The van der Waals surface area contributed by atoms with Crippen molar-refractivity contribution in [3.8, 4) is 5.75 Å². The van der Waals surface area contributed by atoms with Crippen LogP contribution in [0.5, 0.6) is 5.75 Å². The zero-order valence-electron chi connectivity index (χ0n) is 6.67. The first-order valence-corrected chi connectivity index (χ1v) is 3.65. The molecule has 1 aromatic rings. The van der Waals surface area contributed by atoms with Crippen LogP contribution in [0.1, 0.15) is 22.8 Å². The molecule has 0 amide bonds. The molecule has 1 aromatic carbocycles. The van der Waals surface area contributed by atoms with Crippen molar-refractivity contribution >= 4 is 6.29 Å². The summed E-state index contributed by atoms with van der Waals surface area (Å²) in [4.78, 5) is 10.3. The van der Waals surface area contributed by atoms with Gasteiger partial charge in [0, 0.05) is 0 Å². The number of phenolic OH excluding ortho intramolecular Hbond substituents is 1. The average molecular weight is 168 g/mol. The molecule has 1 N–H and O–H groups in total. The molecule has 3 heteroatoms. The van der Waals surface area contributed by atoms with Crippen molar-refractivity contribution < 1.29 is 14.3 Å². The molecule has 0 spiro atoms. The largest absolute Gasteiger partial charge is 0.507 e. The fraction of sp³-hybridized carbons (Fsp3) is 0.222. The standard InChI is InChI=1S/C9H9FO2/c1-2-6-3-8(10)4-7(5-11)9(6)12/h3-5,12H,2H2,1H3. The number of aromatic hydroxyl groups is 1. The Morgan fingerprint density at radius 3 is 2.75 bits per heavy atom. The molecule has 0 atom stereocenters. The topological polar surface area (TPSA) is 37.3 Å². The molecule has 64 valence electrons. The van der Waals surface area contributed by atoms with Crippen molar-refractivity contribution in [3.05, 3.63) is 29.1 Å². The van der Waals surface area contributed by atoms with E-state index in [0.29, 0.717) is 18.3 Å². The highest BCUT2D eigenvalue weighted by Gasteiger charge is 2.07. The number of carbonyl (C=O) groups excluding carboxylic acids is 1. The first-order valence-electron chi connectivity index (χ1n) is 3.65. The van der Waals surface area contributed by atoms with E-state index in [4.69, 9.17) is 0 Å². The molecule has 0 aliphatic rings. The Balaban J connectivity index is 3.31. The minimum absolute atomic E-state index is 0.00634. The molecular weight excluding hydrogens is 159 g/mol. The summed E-state index contributed by atoms with van der Waals surface area (Å²) in [6.45, 7) is 1.78.